The maximum atomic E-state index is 12.6. The number of hydrazine groups is 1. The summed E-state index contributed by atoms with van der Waals surface area (Å²) in [5.74, 6) is -0.150. The summed E-state index contributed by atoms with van der Waals surface area (Å²) in [7, 11) is 0. The molecule has 0 fully saturated rings. The van der Waals surface area contributed by atoms with E-state index >= 15 is 0 Å². The first kappa shape index (κ1) is 31.6. The van der Waals surface area contributed by atoms with Crippen molar-refractivity contribution in [2.24, 2.45) is 16.6 Å². The van der Waals surface area contributed by atoms with E-state index in [0.717, 1.165) is 25.7 Å². The highest BCUT2D eigenvalue weighted by Crippen LogP contribution is 2.11. The number of nitrogens with two attached hydrogens (primary N) is 1. The number of rotatable bonds is 21. The zero-order chi connectivity index (χ0) is 25.6. The molecule has 0 saturated heterocycles. The molecule has 5 N–H and O–H groups in total. The molecule has 10 heteroatoms. The molecule has 0 saturated carbocycles. The van der Waals surface area contributed by atoms with Crippen LogP contribution in [-0.4, -0.2) is 41.9 Å². The van der Waals surface area contributed by atoms with Crippen molar-refractivity contribution in [1.29, 1.82) is 0 Å². The molecular formula is C24H48N6O4. The van der Waals surface area contributed by atoms with Crippen LogP contribution in [0.4, 0.5) is 0 Å². The van der Waals surface area contributed by atoms with E-state index in [1.165, 1.54) is 44.9 Å². The van der Waals surface area contributed by atoms with Gasteiger partial charge >= 0.3 is 0 Å². The summed E-state index contributed by atoms with van der Waals surface area (Å²) < 4.78 is 0. The van der Waals surface area contributed by atoms with Crippen molar-refractivity contribution in [3.05, 3.63) is 10.1 Å². The minimum atomic E-state index is -0.780. The number of nitrogens with one attached hydrogen (secondary N) is 3. The molecular weight excluding hydrogens is 436 g/mol. The first-order valence-electron chi connectivity index (χ1n) is 13.0. The maximum Gasteiger partial charge on any atom is 0.251 e. The Kier molecular flexibility index (Phi) is 19.7. The molecule has 2 amide bonds. The number of carbonyl (C=O) groups is 2. The van der Waals surface area contributed by atoms with Gasteiger partial charge in [0.1, 0.15) is 6.04 Å². The molecule has 0 heterocycles. The number of unbranched alkanes of at least 4 members (excludes halogenated alkanes) is 9. The number of guanidine groups is 1. The zero-order valence-electron chi connectivity index (χ0n) is 21.6. The van der Waals surface area contributed by atoms with Crippen LogP contribution in [0.15, 0.2) is 4.99 Å². The molecule has 0 rings (SSSR count). The number of hydrogen-bond acceptors (Lipinski definition) is 5. The van der Waals surface area contributed by atoms with E-state index in [9.17, 15) is 19.7 Å². The molecule has 0 aliphatic rings. The average Bonchev–Trinajstić information content (AvgIpc) is 2.76. The van der Waals surface area contributed by atoms with Crippen LogP contribution in [0.3, 0.4) is 0 Å². The van der Waals surface area contributed by atoms with E-state index < -0.39 is 11.1 Å². The van der Waals surface area contributed by atoms with Gasteiger partial charge in [-0.15, -0.1) is 0 Å². The predicted octanol–water partition coefficient (Wildman–Crippen LogP) is 3.82. The highest BCUT2D eigenvalue weighted by Gasteiger charge is 2.20. The maximum absolute atomic E-state index is 12.6. The molecule has 0 aliphatic heterocycles. The zero-order valence-corrected chi connectivity index (χ0v) is 21.6. The monoisotopic (exact) mass is 484 g/mol. The second-order valence-electron chi connectivity index (χ2n) is 9.30. The van der Waals surface area contributed by atoms with E-state index in [4.69, 9.17) is 5.73 Å². The van der Waals surface area contributed by atoms with Crippen molar-refractivity contribution in [3.8, 4) is 0 Å². The molecule has 0 aromatic carbocycles. The van der Waals surface area contributed by atoms with E-state index in [2.05, 4.69) is 36.4 Å². The number of nitro groups is 1. The third-order valence-corrected chi connectivity index (χ3v) is 5.57. The van der Waals surface area contributed by atoms with Crippen molar-refractivity contribution in [2.45, 2.75) is 117 Å². The van der Waals surface area contributed by atoms with Gasteiger partial charge in [0.15, 0.2) is 5.03 Å². The fraction of sp³-hybridized carbons (Fsp3) is 0.875. The van der Waals surface area contributed by atoms with Crippen LogP contribution in [0.2, 0.25) is 0 Å². The molecule has 0 aliphatic carbocycles. The molecule has 34 heavy (non-hydrogen) atoms. The number of carbonyl (C=O) groups excluding carboxylic acids is 2. The Morgan fingerprint density at radius 1 is 0.941 bits per heavy atom. The van der Waals surface area contributed by atoms with E-state index in [1.54, 1.807) is 5.43 Å². The molecule has 10 nitrogen and oxygen atoms in total. The first-order valence-corrected chi connectivity index (χ1v) is 13.0. The molecule has 0 aromatic heterocycles. The summed E-state index contributed by atoms with van der Waals surface area (Å²) >= 11 is 0. The van der Waals surface area contributed by atoms with Crippen molar-refractivity contribution in [2.75, 3.05) is 13.1 Å². The molecule has 0 unspecified atom stereocenters. The standard InChI is InChI=1S/C24H48N6O4/c1-4-5-6-7-8-9-10-11-12-13-16-22(31)28-21(23(32)26-19-17-20(2)3)15-14-18-27-24(25)29-30(33)34/h20-21H,4-19H2,1-3H3,(H,26,32)(H,28,31)(H3,25,27,29)/t21-/m0/s1. The number of hydrogen-bond donors (Lipinski definition) is 4. The number of nitrogens with zero attached hydrogens (tertiary/aromatic N) is 2. The van der Waals surface area contributed by atoms with Gasteiger partial charge in [-0.1, -0.05) is 84.0 Å². The summed E-state index contributed by atoms with van der Waals surface area (Å²) in [4.78, 5) is 39.2. The lowest BCUT2D eigenvalue weighted by Crippen LogP contribution is -2.47. The Morgan fingerprint density at radius 2 is 1.53 bits per heavy atom. The van der Waals surface area contributed by atoms with Crippen molar-refractivity contribution in [3.63, 3.8) is 0 Å². The Morgan fingerprint density at radius 3 is 2.09 bits per heavy atom. The van der Waals surface area contributed by atoms with Gasteiger partial charge in [0, 0.05) is 19.5 Å². The van der Waals surface area contributed by atoms with Gasteiger partial charge in [-0.3, -0.25) is 9.59 Å². The summed E-state index contributed by atoms with van der Waals surface area (Å²) in [5, 5.41) is 15.3. The first-order chi connectivity index (χ1) is 16.3. The van der Waals surface area contributed by atoms with Crippen LogP contribution in [0, 0.1) is 16.0 Å². The summed E-state index contributed by atoms with van der Waals surface area (Å²) in [5.41, 5.74) is 7.18. The largest absolute Gasteiger partial charge is 0.365 e. The SMILES string of the molecule is CCCCCCCCCCCCC(=O)N[C@@H](CCCN=C(N)N[N+](=O)[O-])C(=O)NCCC(C)C. The summed E-state index contributed by atoms with van der Waals surface area (Å²) in [6.45, 7) is 7.16. The average molecular weight is 485 g/mol. The van der Waals surface area contributed by atoms with Crippen LogP contribution in [0.1, 0.15) is 111 Å². The van der Waals surface area contributed by atoms with Crippen LogP contribution in [0.25, 0.3) is 0 Å². The lowest BCUT2D eigenvalue weighted by molar-refractivity contribution is -0.525. The van der Waals surface area contributed by atoms with Gasteiger partial charge in [0.05, 0.1) is 0 Å². The Labute approximate surface area is 205 Å². The Balaban J connectivity index is 4.33. The lowest BCUT2D eigenvalue weighted by atomic mass is 10.1. The smallest absolute Gasteiger partial charge is 0.251 e. The third-order valence-electron chi connectivity index (χ3n) is 5.57. The highest BCUT2D eigenvalue weighted by molar-refractivity contribution is 5.87. The van der Waals surface area contributed by atoms with Gasteiger partial charge in [0.25, 0.3) is 5.96 Å². The van der Waals surface area contributed by atoms with E-state index in [-0.39, 0.29) is 24.3 Å². The normalized spacial score (nSPS) is 12.4. The fourth-order valence-corrected chi connectivity index (χ4v) is 3.54. The van der Waals surface area contributed by atoms with Gasteiger partial charge in [-0.05, 0) is 31.6 Å². The van der Waals surface area contributed by atoms with E-state index in [1.807, 2.05) is 0 Å². The fourth-order valence-electron chi connectivity index (χ4n) is 3.54. The molecule has 0 spiro atoms. The minimum Gasteiger partial charge on any atom is -0.365 e. The second-order valence-corrected chi connectivity index (χ2v) is 9.30. The van der Waals surface area contributed by atoms with Crippen molar-refractivity contribution in [1.82, 2.24) is 16.1 Å². The van der Waals surface area contributed by atoms with Crippen molar-refractivity contribution >= 4 is 17.8 Å². The second kappa shape index (κ2) is 21.2. The number of aliphatic imine (C=N–C) groups is 1. The van der Waals surface area contributed by atoms with Crippen molar-refractivity contribution < 1.29 is 14.6 Å². The Bertz CT molecular complexity index is 598. The molecule has 198 valence electrons. The quantitative estimate of drug-likeness (QED) is 0.0639. The van der Waals surface area contributed by atoms with Crippen LogP contribution >= 0.6 is 0 Å². The van der Waals surface area contributed by atoms with Gasteiger partial charge in [0.2, 0.25) is 11.8 Å². The summed E-state index contributed by atoms with van der Waals surface area (Å²) in [6, 6.07) is -0.650. The van der Waals surface area contributed by atoms with Crippen LogP contribution < -0.4 is 21.8 Å². The highest BCUT2D eigenvalue weighted by atomic mass is 16.7. The predicted molar refractivity (Wildman–Crippen MR) is 137 cm³/mol. The Hall–Kier alpha value is -2.39. The van der Waals surface area contributed by atoms with Crippen LogP contribution in [0.5, 0.6) is 0 Å². The van der Waals surface area contributed by atoms with Gasteiger partial charge < -0.3 is 16.4 Å². The molecule has 1 atom stereocenters. The third kappa shape index (κ3) is 20.2. The van der Waals surface area contributed by atoms with Crippen LogP contribution in [-0.2, 0) is 9.59 Å². The summed E-state index contributed by atoms with van der Waals surface area (Å²) in [6.07, 6.45) is 14.1. The van der Waals surface area contributed by atoms with Gasteiger partial charge in [-0.25, -0.2) is 15.1 Å². The number of amides is 2. The minimum absolute atomic E-state index is 0.124. The van der Waals surface area contributed by atoms with E-state index in [0.29, 0.717) is 31.7 Å². The molecule has 0 bridgehead atoms. The molecule has 0 aromatic rings. The topological polar surface area (TPSA) is 152 Å². The molecule has 0 radical (unpaired) electrons. The van der Waals surface area contributed by atoms with Gasteiger partial charge in [-0.2, -0.15) is 0 Å². The lowest BCUT2D eigenvalue weighted by Gasteiger charge is -2.19.